The standard InChI is InChI=1S/C12H16O2/c1-3-6-9-10(11(13)4-2)7-5-8-12(9)14/h3,5,7-8,11,13-14H,1,4,6H2,2H3. The minimum Gasteiger partial charge on any atom is -0.508 e. The van der Waals surface area contributed by atoms with Gasteiger partial charge in [-0.2, -0.15) is 0 Å². The van der Waals surface area contributed by atoms with Crippen LogP contribution >= 0.6 is 0 Å². The first-order valence-corrected chi connectivity index (χ1v) is 4.80. The SMILES string of the molecule is C=CCc1c(O)cccc1C(O)CC. The summed E-state index contributed by atoms with van der Waals surface area (Å²) in [6.45, 7) is 5.54. The minimum atomic E-state index is -0.503. The van der Waals surface area contributed by atoms with Crippen molar-refractivity contribution in [3.05, 3.63) is 42.0 Å². The van der Waals surface area contributed by atoms with Gasteiger partial charge >= 0.3 is 0 Å². The van der Waals surface area contributed by atoms with E-state index in [2.05, 4.69) is 6.58 Å². The Hall–Kier alpha value is -1.28. The van der Waals surface area contributed by atoms with Gasteiger partial charge in [-0.1, -0.05) is 25.1 Å². The summed E-state index contributed by atoms with van der Waals surface area (Å²) in [5, 5.41) is 19.3. The maximum Gasteiger partial charge on any atom is 0.119 e. The first kappa shape index (κ1) is 10.8. The molecule has 0 radical (unpaired) electrons. The first-order chi connectivity index (χ1) is 6.70. The first-order valence-electron chi connectivity index (χ1n) is 4.80. The number of aromatic hydroxyl groups is 1. The molecule has 0 saturated carbocycles. The van der Waals surface area contributed by atoms with Gasteiger partial charge < -0.3 is 10.2 Å². The lowest BCUT2D eigenvalue weighted by Gasteiger charge is -2.14. The van der Waals surface area contributed by atoms with Crippen molar-refractivity contribution in [3.63, 3.8) is 0 Å². The minimum absolute atomic E-state index is 0.231. The fourth-order valence-electron chi connectivity index (χ4n) is 1.49. The van der Waals surface area contributed by atoms with Crippen LogP contribution in [0, 0.1) is 0 Å². The molecule has 0 bridgehead atoms. The van der Waals surface area contributed by atoms with Crippen LogP contribution in [0.4, 0.5) is 0 Å². The molecule has 0 saturated heterocycles. The molecule has 0 fully saturated rings. The lowest BCUT2D eigenvalue weighted by molar-refractivity contribution is 0.172. The Balaban J connectivity index is 3.13. The summed E-state index contributed by atoms with van der Waals surface area (Å²) in [7, 11) is 0. The average molecular weight is 192 g/mol. The van der Waals surface area contributed by atoms with Gasteiger partial charge in [-0.3, -0.25) is 0 Å². The van der Waals surface area contributed by atoms with Crippen molar-refractivity contribution in [2.24, 2.45) is 0 Å². The van der Waals surface area contributed by atoms with Crippen molar-refractivity contribution in [1.82, 2.24) is 0 Å². The number of rotatable bonds is 4. The highest BCUT2D eigenvalue weighted by molar-refractivity contribution is 5.41. The maximum atomic E-state index is 9.72. The molecule has 2 nitrogen and oxygen atoms in total. The Bertz CT molecular complexity index is 318. The lowest BCUT2D eigenvalue weighted by Crippen LogP contribution is -2.00. The molecular weight excluding hydrogens is 176 g/mol. The van der Waals surface area contributed by atoms with Crippen LogP contribution in [0.5, 0.6) is 5.75 Å². The van der Waals surface area contributed by atoms with Crippen molar-refractivity contribution in [3.8, 4) is 5.75 Å². The third-order valence-electron chi connectivity index (χ3n) is 2.28. The third-order valence-corrected chi connectivity index (χ3v) is 2.28. The Morgan fingerprint density at radius 1 is 1.50 bits per heavy atom. The number of aliphatic hydroxyl groups is 1. The van der Waals surface area contributed by atoms with Crippen molar-refractivity contribution < 1.29 is 10.2 Å². The Morgan fingerprint density at radius 2 is 2.21 bits per heavy atom. The summed E-state index contributed by atoms with van der Waals surface area (Å²) >= 11 is 0. The number of phenolic OH excluding ortho intramolecular Hbond substituents is 1. The van der Waals surface area contributed by atoms with Crippen molar-refractivity contribution >= 4 is 0 Å². The molecule has 2 N–H and O–H groups in total. The van der Waals surface area contributed by atoms with Gasteiger partial charge in [-0.25, -0.2) is 0 Å². The second-order valence-electron chi connectivity index (χ2n) is 3.26. The van der Waals surface area contributed by atoms with Gasteiger partial charge in [0.15, 0.2) is 0 Å². The monoisotopic (exact) mass is 192 g/mol. The highest BCUT2D eigenvalue weighted by atomic mass is 16.3. The summed E-state index contributed by atoms with van der Waals surface area (Å²) in [4.78, 5) is 0. The molecule has 76 valence electrons. The molecule has 1 atom stereocenters. The molecule has 1 rings (SSSR count). The van der Waals surface area contributed by atoms with Crippen molar-refractivity contribution in [1.29, 1.82) is 0 Å². The van der Waals surface area contributed by atoms with E-state index in [-0.39, 0.29) is 5.75 Å². The molecule has 0 aliphatic heterocycles. The summed E-state index contributed by atoms with van der Waals surface area (Å²) in [6, 6.07) is 5.22. The van der Waals surface area contributed by atoms with Gasteiger partial charge in [0.05, 0.1) is 6.10 Å². The number of allylic oxidation sites excluding steroid dienone is 1. The molecule has 0 aliphatic carbocycles. The van der Waals surface area contributed by atoms with Gasteiger partial charge in [0.25, 0.3) is 0 Å². The highest BCUT2D eigenvalue weighted by Crippen LogP contribution is 2.28. The quantitative estimate of drug-likeness (QED) is 0.720. The molecule has 0 spiro atoms. The third kappa shape index (κ3) is 2.15. The molecule has 2 heteroatoms. The van der Waals surface area contributed by atoms with Crippen LogP contribution in [0.3, 0.4) is 0 Å². The number of hydrogen-bond acceptors (Lipinski definition) is 2. The Kier molecular flexibility index (Phi) is 3.72. The van der Waals surface area contributed by atoms with E-state index in [1.165, 1.54) is 0 Å². The molecule has 0 aromatic heterocycles. The van der Waals surface area contributed by atoms with Gasteiger partial charge in [0.2, 0.25) is 0 Å². The normalized spacial score (nSPS) is 12.4. The van der Waals surface area contributed by atoms with E-state index >= 15 is 0 Å². The Morgan fingerprint density at radius 3 is 2.79 bits per heavy atom. The van der Waals surface area contributed by atoms with Crippen LogP contribution in [0.15, 0.2) is 30.9 Å². The summed E-state index contributed by atoms with van der Waals surface area (Å²) in [5.74, 6) is 0.231. The van der Waals surface area contributed by atoms with Gasteiger partial charge in [0.1, 0.15) is 5.75 Å². The fourth-order valence-corrected chi connectivity index (χ4v) is 1.49. The van der Waals surface area contributed by atoms with E-state index in [1.807, 2.05) is 13.0 Å². The van der Waals surface area contributed by atoms with Crippen LogP contribution < -0.4 is 0 Å². The average Bonchev–Trinajstić information content (AvgIpc) is 2.20. The molecule has 14 heavy (non-hydrogen) atoms. The lowest BCUT2D eigenvalue weighted by atomic mass is 9.97. The van der Waals surface area contributed by atoms with Gasteiger partial charge in [-0.15, -0.1) is 6.58 Å². The number of hydrogen-bond donors (Lipinski definition) is 2. The molecule has 0 amide bonds. The van der Waals surface area contributed by atoms with Gasteiger partial charge in [0, 0.05) is 5.56 Å². The summed E-state index contributed by atoms with van der Waals surface area (Å²) in [6.07, 6.45) is 2.45. The molecule has 0 heterocycles. The van der Waals surface area contributed by atoms with Crippen LogP contribution in [0.1, 0.15) is 30.6 Å². The van der Waals surface area contributed by atoms with E-state index in [0.717, 1.165) is 11.1 Å². The van der Waals surface area contributed by atoms with Crippen LogP contribution in [-0.2, 0) is 6.42 Å². The topological polar surface area (TPSA) is 40.5 Å². The Labute approximate surface area is 84.5 Å². The molecule has 1 aromatic carbocycles. The van der Waals surface area contributed by atoms with Gasteiger partial charge in [-0.05, 0) is 24.5 Å². The number of benzene rings is 1. The van der Waals surface area contributed by atoms with E-state index in [0.29, 0.717) is 12.8 Å². The van der Waals surface area contributed by atoms with E-state index < -0.39 is 6.10 Å². The zero-order valence-electron chi connectivity index (χ0n) is 8.40. The largest absolute Gasteiger partial charge is 0.508 e. The summed E-state index contributed by atoms with van der Waals surface area (Å²) < 4.78 is 0. The van der Waals surface area contributed by atoms with Crippen LogP contribution in [0.25, 0.3) is 0 Å². The number of phenols is 1. The van der Waals surface area contributed by atoms with E-state index in [9.17, 15) is 10.2 Å². The number of aliphatic hydroxyl groups excluding tert-OH is 1. The van der Waals surface area contributed by atoms with E-state index in [1.54, 1.807) is 18.2 Å². The van der Waals surface area contributed by atoms with E-state index in [4.69, 9.17) is 0 Å². The maximum absolute atomic E-state index is 9.72. The summed E-state index contributed by atoms with van der Waals surface area (Å²) in [5.41, 5.74) is 1.57. The molecular formula is C12H16O2. The zero-order valence-corrected chi connectivity index (χ0v) is 8.40. The second-order valence-corrected chi connectivity index (χ2v) is 3.26. The molecule has 0 aliphatic rings. The zero-order chi connectivity index (χ0) is 10.6. The van der Waals surface area contributed by atoms with Crippen LogP contribution in [0.2, 0.25) is 0 Å². The smallest absolute Gasteiger partial charge is 0.119 e. The predicted octanol–water partition coefficient (Wildman–Crippen LogP) is 2.56. The molecule has 1 unspecified atom stereocenters. The van der Waals surface area contributed by atoms with Crippen molar-refractivity contribution in [2.75, 3.05) is 0 Å². The van der Waals surface area contributed by atoms with Crippen molar-refractivity contribution in [2.45, 2.75) is 25.9 Å². The second kappa shape index (κ2) is 4.82. The van der Waals surface area contributed by atoms with Crippen LogP contribution in [-0.4, -0.2) is 10.2 Å². The molecule has 1 aromatic rings. The fraction of sp³-hybridized carbons (Fsp3) is 0.333. The predicted molar refractivity (Wildman–Crippen MR) is 57.3 cm³/mol. The highest BCUT2D eigenvalue weighted by Gasteiger charge is 2.12.